The molecule has 0 saturated heterocycles. The molecule has 33 heavy (non-hydrogen) atoms. The molecular weight excluding hydrogens is 449 g/mol. The second-order valence-electron chi connectivity index (χ2n) is 6.82. The van der Waals surface area contributed by atoms with Crippen LogP contribution in [0.1, 0.15) is 27.3 Å². The minimum Gasteiger partial charge on any atom is -0.475 e. The summed E-state index contributed by atoms with van der Waals surface area (Å²) in [6.07, 6.45) is 0.211. The molecule has 172 valence electrons. The van der Waals surface area contributed by atoms with E-state index in [4.69, 9.17) is 9.90 Å². The van der Waals surface area contributed by atoms with Gasteiger partial charge in [0.25, 0.3) is 5.91 Å². The molecule has 3 heterocycles. The Balaban J connectivity index is 0.000000383. The van der Waals surface area contributed by atoms with Crippen molar-refractivity contribution < 1.29 is 36.6 Å². The van der Waals surface area contributed by atoms with Crippen LogP contribution >= 0.6 is 0 Å². The number of nitrogens with one attached hydrogen (secondary N) is 2. The average Bonchev–Trinajstić information content (AvgIpc) is 3.19. The number of hydrogen-bond acceptors (Lipinski definition) is 3. The molecule has 1 amide bonds. The molecule has 0 radical (unpaired) electrons. The minimum absolute atomic E-state index is 0.0852. The zero-order valence-corrected chi connectivity index (χ0v) is 16.7. The first-order valence-corrected chi connectivity index (χ1v) is 9.45. The topological polar surface area (TPSA) is 95.1 Å². The van der Waals surface area contributed by atoms with Crippen LogP contribution in [-0.4, -0.2) is 39.7 Å². The normalized spacial score (nSPS) is 13.2. The third-order valence-electron chi connectivity index (χ3n) is 4.56. The number of halogens is 5. The minimum atomic E-state index is -5.08. The number of H-pyrrole nitrogens is 1. The SMILES string of the molecule is O=C(O)C(F)(F)F.O=C1NCCc2[nH]c(-c3ccnc(/C=C/c4c(F)cccc4F)c3)cc21. The lowest BCUT2D eigenvalue weighted by Gasteiger charge is -2.10. The van der Waals surface area contributed by atoms with E-state index >= 15 is 0 Å². The monoisotopic (exact) mass is 465 g/mol. The largest absolute Gasteiger partial charge is 0.490 e. The van der Waals surface area contributed by atoms with E-state index in [0.717, 1.165) is 23.4 Å². The van der Waals surface area contributed by atoms with Crippen LogP contribution in [0.15, 0.2) is 42.6 Å². The number of carboxylic acid groups (broad SMARTS) is 1. The van der Waals surface area contributed by atoms with Crippen LogP contribution in [-0.2, 0) is 11.2 Å². The molecule has 0 unspecified atom stereocenters. The van der Waals surface area contributed by atoms with Gasteiger partial charge in [-0.25, -0.2) is 13.6 Å². The zero-order chi connectivity index (χ0) is 24.2. The molecule has 11 heteroatoms. The number of amides is 1. The van der Waals surface area contributed by atoms with Crippen molar-refractivity contribution in [2.45, 2.75) is 12.6 Å². The molecule has 0 spiro atoms. The van der Waals surface area contributed by atoms with E-state index in [-0.39, 0.29) is 11.5 Å². The zero-order valence-electron chi connectivity index (χ0n) is 16.7. The van der Waals surface area contributed by atoms with Crippen LogP contribution in [0.25, 0.3) is 23.4 Å². The van der Waals surface area contributed by atoms with E-state index in [9.17, 15) is 26.7 Å². The average molecular weight is 465 g/mol. The van der Waals surface area contributed by atoms with Gasteiger partial charge in [0, 0.05) is 41.7 Å². The number of hydrogen-bond donors (Lipinski definition) is 3. The highest BCUT2D eigenvalue weighted by Gasteiger charge is 2.38. The van der Waals surface area contributed by atoms with Gasteiger partial charge in [0.1, 0.15) is 11.6 Å². The lowest BCUT2D eigenvalue weighted by molar-refractivity contribution is -0.192. The Morgan fingerprint density at radius 3 is 2.36 bits per heavy atom. The van der Waals surface area contributed by atoms with Crippen molar-refractivity contribution in [3.05, 3.63) is 76.7 Å². The summed E-state index contributed by atoms with van der Waals surface area (Å²) in [5, 5.41) is 9.93. The number of carboxylic acids is 1. The third kappa shape index (κ3) is 5.82. The number of carbonyl (C=O) groups is 2. The van der Waals surface area contributed by atoms with E-state index in [1.165, 1.54) is 24.3 Å². The van der Waals surface area contributed by atoms with Crippen molar-refractivity contribution >= 4 is 24.0 Å². The first-order valence-electron chi connectivity index (χ1n) is 9.45. The molecule has 0 aliphatic carbocycles. The van der Waals surface area contributed by atoms with Crippen LogP contribution < -0.4 is 5.32 Å². The molecule has 0 atom stereocenters. The van der Waals surface area contributed by atoms with Crippen molar-refractivity contribution in [1.29, 1.82) is 0 Å². The molecule has 1 aromatic carbocycles. The summed E-state index contributed by atoms with van der Waals surface area (Å²) in [5.41, 5.74) is 3.66. The summed E-state index contributed by atoms with van der Waals surface area (Å²) in [6.45, 7) is 0.615. The summed E-state index contributed by atoms with van der Waals surface area (Å²) in [6, 6.07) is 9.16. The summed E-state index contributed by atoms with van der Waals surface area (Å²) in [4.78, 5) is 28.3. The van der Waals surface area contributed by atoms with Gasteiger partial charge in [0.15, 0.2) is 0 Å². The number of carbonyl (C=O) groups excluding carboxylic acids is 1. The molecule has 2 aromatic heterocycles. The second-order valence-corrected chi connectivity index (χ2v) is 6.82. The van der Waals surface area contributed by atoms with Crippen molar-refractivity contribution in [1.82, 2.24) is 15.3 Å². The van der Waals surface area contributed by atoms with Gasteiger partial charge in [-0.05, 0) is 42.5 Å². The predicted octanol–water partition coefficient (Wildman–Crippen LogP) is 4.44. The highest BCUT2D eigenvalue weighted by atomic mass is 19.4. The Bertz CT molecular complexity index is 1200. The molecular formula is C22H16F5N3O3. The molecule has 6 nitrogen and oxygen atoms in total. The molecule has 3 N–H and O–H groups in total. The van der Waals surface area contributed by atoms with E-state index in [1.807, 2.05) is 12.1 Å². The third-order valence-corrected chi connectivity index (χ3v) is 4.56. The number of nitrogens with zero attached hydrogens (tertiary/aromatic N) is 1. The Hall–Kier alpha value is -4.02. The van der Waals surface area contributed by atoms with Gasteiger partial charge in [0.05, 0.1) is 11.3 Å². The summed E-state index contributed by atoms with van der Waals surface area (Å²) in [7, 11) is 0. The van der Waals surface area contributed by atoms with Crippen molar-refractivity contribution in [2.75, 3.05) is 6.54 Å². The summed E-state index contributed by atoms with van der Waals surface area (Å²) in [5.74, 6) is -4.09. The fourth-order valence-electron chi connectivity index (χ4n) is 2.99. The van der Waals surface area contributed by atoms with E-state index in [0.29, 0.717) is 17.8 Å². The quantitative estimate of drug-likeness (QED) is 0.499. The fourth-order valence-corrected chi connectivity index (χ4v) is 2.99. The van der Waals surface area contributed by atoms with Crippen LogP contribution in [0.4, 0.5) is 22.0 Å². The molecule has 0 saturated carbocycles. The molecule has 1 aliphatic rings. The first kappa shape index (κ1) is 23.6. The number of benzene rings is 1. The van der Waals surface area contributed by atoms with Crippen LogP contribution in [0.5, 0.6) is 0 Å². The number of pyridine rings is 1. The van der Waals surface area contributed by atoms with Crippen molar-refractivity contribution in [3.8, 4) is 11.3 Å². The van der Waals surface area contributed by atoms with Gasteiger partial charge >= 0.3 is 12.1 Å². The van der Waals surface area contributed by atoms with E-state index < -0.39 is 23.8 Å². The summed E-state index contributed by atoms with van der Waals surface area (Å²) < 4.78 is 59.2. The number of aromatic amines is 1. The predicted molar refractivity (Wildman–Crippen MR) is 109 cm³/mol. The fraction of sp³-hybridized carbons (Fsp3) is 0.136. The summed E-state index contributed by atoms with van der Waals surface area (Å²) >= 11 is 0. The number of rotatable bonds is 3. The van der Waals surface area contributed by atoms with Gasteiger partial charge < -0.3 is 15.4 Å². The van der Waals surface area contributed by atoms with Gasteiger partial charge in [-0.3, -0.25) is 9.78 Å². The first-order chi connectivity index (χ1) is 15.6. The number of alkyl halides is 3. The smallest absolute Gasteiger partial charge is 0.475 e. The van der Waals surface area contributed by atoms with Gasteiger partial charge in [-0.15, -0.1) is 0 Å². The number of aromatic nitrogens is 2. The van der Waals surface area contributed by atoms with E-state index in [2.05, 4.69) is 15.3 Å². The van der Waals surface area contributed by atoms with Gasteiger partial charge in [-0.1, -0.05) is 6.07 Å². The van der Waals surface area contributed by atoms with Gasteiger partial charge in [-0.2, -0.15) is 13.2 Å². The van der Waals surface area contributed by atoms with Crippen LogP contribution in [0, 0.1) is 11.6 Å². The lowest BCUT2D eigenvalue weighted by atomic mass is 10.1. The Kier molecular flexibility index (Phi) is 6.90. The van der Waals surface area contributed by atoms with Crippen molar-refractivity contribution in [2.24, 2.45) is 0 Å². The second kappa shape index (κ2) is 9.63. The van der Waals surface area contributed by atoms with Crippen LogP contribution in [0.3, 0.4) is 0 Å². The highest BCUT2D eigenvalue weighted by molar-refractivity contribution is 5.97. The lowest BCUT2D eigenvalue weighted by Crippen LogP contribution is -2.31. The number of fused-ring (bicyclic) bond motifs is 1. The Morgan fingerprint density at radius 2 is 1.76 bits per heavy atom. The standard InChI is InChI=1S/C20H15F2N3O.C2HF3O2/c21-16-2-1-3-17(22)14(16)5-4-13-10-12(6-8-23-13)19-11-15-18(25-19)7-9-24-20(15)26;3-2(4,5)1(6)7/h1-6,8,10-11,25H,7,9H2,(H,24,26);(H,6,7)/b5-4+;. The molecule has 3 aromatic rings. The maximum Gasteiger partial charge on any atom is 0.490 e. The van der Waals surface area contributed by atoms with Gasteiger partial charge in [0.2, 0.25) is 0 Å². The highest BCUT2D eigenvalue weighted by Crippen LogP contribution is 2.25. The number of aliphatic carboxylic acids is 1. The van der Waals surface area contributed by atoms with Crippen molar-refractivity contribution in [3.63, 3.8) is 0 Å². The maximum atomic E-state index is 13.7. The molecule has 4 rings (SSSR count). The van der Waals surface area contributed by atoms with E-state index in [1.54, 1.807) is 18.3 Å². The Labute approximate surface area is 183 Å². The molecule has 0 bridgehead atoms. The molecule has 0 fully saturated rings. The Morgan fingerprint density at radius 1 is 1.09 bits per heavy atom. The van der Waals surface area contributed by atoms with Crippen LogP contribution in [0.2, 0.25) is 0 Å². The maximum absolute atomic E-state index is 13.7. The molecule has 1 aliphatic heterocycles.